The first kappa shape index (κ1) is 50.7. The van der Waals surface area contributed by atoms with Gasteiger partial charge in [0.25, 0.3) is 0 Å². The highest BCUT2D eigenvalue weighted by Crippen LogP contribution is 2.67. The van der Waals surface area contributed by atoms with Crippen molar-refractivity contribution in [2.45, 2.75) is 64.7 Å². The third-order valence-corrected chi connectivity index (χ3v) is 20.3. The Labute approximate surface area is 586 Å². The van der Waals surface area contributed by atoms with Crippen molar-refractivity contribution < 1.29 is 11.0 Å². The van der Waals surface area contributed by atoms with Crippen LogP contribution in [0.25, 0.3) is 83.1 Å². The molecule has 3 aliphatic rings. The molecule has 0 atom stereocenters. The summed E-state index contributed by atoms with van der Waals surface area (Å²) in [4.78, 5) is 7.43. The predicted molar refractivity (Wildman–Crippen MR) is 413 cm³/mol. The molecule has 1 aliphatic carbocycles. The minimum Gasteiger partial charge on any atom is -0.309 e. The summed E-state index contributed by atoms with van der Waals surface area (Å²) in [6.07, 6.45) is 0.770. The fraction of sp³-hybridized carbons (Fsp3) is 0.106. The van der Waals surface area contributed by atoms with Crippen LogP contribution in [0, 0.1) is 0 Å². The summed E-state index contributed by atoms with van der Waals surface area (Å²) >= 11 is 0. The summed E-state index contributed by atoms with van der Waals surface area (Å²) < 4.78 is 77.3. The second-order valence-electron chi connectivity index (χ2n) is 28.2. The largest absolute Gasteiger partial charge is 0.309 e. The molecule has 0 bridgehead atoms. The highest BCUT2D eigenvalue weighted by Gasteiger charge is 2.44. The number of hydrogen-bond donors (Lipinski definition) is 0. The molecule has 0 radical (unpaired) electrons. The number of fused-ring (bicyclic) bond motifs is 9. The smallest absolute Gasteiger partial charge is 0.0948 e. The average Bonchev–Trinajstić information content (AvgIpc) is 0.722. The zero-order valence-electron chi connectivity index (χ0n) is 63.6. The molecule has 0 amide bonds. The molecule has 0 spiro atoms. The topological polar surface area (TPSA) is 14.7 Å². The summed E-state index contributed by atoms with van der Waals surface area (Å²) in [6.45, 7) is 13.7. The zero-order chi connectivity index (χ0) is 72.9. The molecule has 98 heavy (non-hydrogen) atoms. The normalized spacial score (nSPS) is 14.4. The SMILES string of the molecule is [2H]c1c([2H])c([2H])c2c(c1[2H])c1c([2H])c([2H])c([2H])c([2H])c1n2-c1ccc2c(c1)N(c1c(-c3ccccc3)cccc1-c1ccccc1)c1cc(C3c4ccccc4Cc4ccccc43)cc3c1N2c1cc(-c2cc(C(C)(C)C)cc(C(C)(C)C)c2)ccc1N3c1c(-c2ccccc2)cccc1-c1ccccc1. The quantitative estimate of drug-likeness (QED) is 0.143. The van der Waals surface area contributed by atoms with Gasteiger partial charge in [0, 0.05) is 44.6 Å². The fourth-order valence-corrected chi connectivity index (χ4v) is 15.6. The fourth-order valence-electron chi connectivity index (χ4n) is 15.6. The Morgan fingerprint density at radius 1 is 0.316 bits per heavy atom. The number of aromatic nitrogens is 1. The van der Waals surface area contributed by atoms with Crippen LogP contribution in [0.15, 0.2) is 321 Å². The molecule has 1 aromatic heterocycles. The van der Waals surface area contributed by atoms with Crippen LogP contribution >= 0.6 is 0 Å². The van der Waals surface area contributed by atoms with Gasteiger partial charge in [-0.05, 0) is 144 Å². The van der Waals surface area contributed by atoms with Crippen molar-refractivity contribution in [1.29, 1.82) is 0 Å². The molecule has 4 nitrogen and oxygen atoms in total. The second kappa shape index (κ2) is 23.0. The van der Waals surface area contributed by atoms with E-state index in [0.29, 0.717) is 11.4 Å². The molecule has 470 valence electrons. The highest BCUT2D eigenvalue weighted by atomic mass is 15.3. The number of rotatable bonds is 9. The second-order valence-corrected chi connectivity index (χ2v) is 28.2. The summed E-state index contributed by atoms with van der Waals surface area (Å²) in [5.41, 5.74) is 26.4. The molecular formula is C94H74N4. The number of para-hydroxylation sites is 4. The van der Waals surface area contributed by atoms with Gasteiger partial charge in [-0.3, -0.25) is 0 Å². The minimum absolute atomic E-state index is 0.00409. The number of nitrogens with zero attached hydrogens (tertiary/aromatic N) is 4. The van der Waals surface area contributed by atoms with Gasteiger partial charge in [-0.25, -0.2) is 0 Å². The van der Waals surface area contributed by atoms with Gasteiger partial charge in [-0.1, -0.05) is 308 Å². The van der Waals surface area contributed by atoms with E-state index in [1.165, 1.54) is 33.4 Å². The van der Waals surface area contributed by atoms with Crippen molar-refractivity contribution in [2.75, 3.05) is 14.7 Å². The zero-order valence-corrected chi connectivity index (χ0v) is 55.6. The number of benzene rings is 14. The van der Waals surface area contributed by atoms with E-state index in [1.807, 2.05) is 18.2 Å². The monoisotopic (exact) mass is 1270 g/mol. The highest BCUT2D eigenvalue weighted by molar-refractivity contribution is 6.18. The van der Waals surface area contributed by atoms with E-state index in [-0.39, 0.29) is 50.6 Å². The maximum atomic E-state index is 9.87. The van der Waals surface area contributed by atoms with Crippen LogP contribution in [0.5, 0.6) is 0 Å². The molecule has 14 aromatic carbocycles. The van der Waals surface area contributed by atoms with Crippen molar-refractivity contribution in [3.05, 3.63) is 360 Å². The Hall–Kier alpha value is -11.7. The van der Waals surface area contributed by atoms with Crippen LogP contribution in [-0.4, -0.2) is 4.57 Å². The molecule has 15 aromatic rings. The molecule has 18 rings (SSSR count). The first-order valence-electron chi connectivity index (χ1n) is 37.9. The van der Waals surface area contributed by atoms with E-state index >= 15 is 0 Å². The molecule has 0 fully saturated rings. The van der Waals surface area contributed by atoms with E-state index in [9.17, 15) is 8.22 Å². The third-order valence-electron chi connectivity index (χ3n) is 20.3. The third kappa shape index (κ3) is 9.64. The lowest BCUT2D eigenvalue weighted by atomic mass is 9.74. The van der Waals surface area contributed by atoms with Crippen LogP contribution in [-0.2, 0) is 17.3 Å². The lowest BCUT2D eigenvalue weighted by Crippen LogP contribution is -2.31. The van der Waals surface area contributed by atoms with Gasteiger partial charge in [0.1, 0.15) is 0 Å². The summed E-state index contributed by atoms with van der Waals surface area (Å²) in [6, 6.07) is 95.0. The average molecular weight is 1270 g/mol. The summed E-state index contributed by atoms with van der Waals surface area (Å²) in [5, 5.41) is 0.00819. The van der Waals surface area contributed by atoms with Crippen molar-refractivity contribution in [1.82, 2.24) is 4.57 Å². The van der Waals surface area contributed by atoms with E-state index < -0.39 is 36.3 Å². The summed E-state index contributed by atoms with van der Waals surface area (Å²) in [7, 11) is 0. The van der Waals surface area contributed by atoms with E-state index in [4.69, 9.17) is 2.74 Å². The first-order chi connectivity index (χ1) is 51.2. The molecule has 3 heterocycles. The lowest BCUT2D eigenvalue weighted by molar-refractivity contribution is 0.569. The Kier molecular flexibility index (Phi) is 11.9. The van der Waals surface area contributed by atoms with Crippen LogP contribution in [0.3, 0.4) is 0 Å². The van der Waals surface area contributed by atoms with E-state index in [0.717, 1.165) is 113 Å². The van der Waals surface area contributed by atoms with Crippen molar-refractivity contribution in [3.8, 4) is 61.3 Å². The van der Waals surface area contributed by atoms with Gasteiger partial charge in [-0.15, -0.1) is 0 Å². The number of anilines is 9. The van der Waals surface area contributed by atoms with Gasteiger partial charge in [0.2, 0.25) is 0 Å². The molecule has 0 unspecified atom stereocenters. The van der Waals surface area contributed by atoms with Crippen LogP contribution in [0.4, 0.5) is 51.2 Å². The minimum atomic E-state index is -0.503. The number of hydrogen-bond acceptors (Lipinski definition) is 3. The van der Waals surface area contributed by atoms with Gasteiger partial charge in [0.05, 0.1) is 73.2 Å². The summed E-state index contributed by atoms with van der Waals surface area (Å²) in [5.74, 6) is -0.275. The van der Waals surface area contributed by atoms with Gasteiger partial charge in [-0.2, -0.15) is 0 Å². The maximum Gasteiger partial charge on any atom is 0.0948 e. The molecule has 0 saturated heterocycles. The molecular weight excluding hydrogens is 1190 g/mol. The molecule has 0 N–H and O–H groups in total. The Morgan fingerprint density at radius 2 is 0.714 bits per heavy atom. The molecule has 2 aliphatic heterocycles. The van der Waals surface area contributed by atoms with E-state index in [1.54, 1.807) is 4.57 Å². The predicted octanol–water partition coefficient (Wildman–Crippen LogP) is 25.8. The Morgan fingerprint density at radius 3 is 1.17 bits per heavy atom. The van der Waals surface area contributed by atoms with Crippen molar-refractivity contribution in [2.24, 2.45) is 0 Å². The van der Waals surface area contributed by atoms with E-state index in [2.05, 4.69) is 311 Å². The molecule has 4 heteroatoms. The maximum absolute atomic E-state index is 9.87. The molecule has 0 saturated carbocycles. The lowest BCUT2D eigenvalue weighted by Gasteiger charge is -2.49. The Bertz CT molecular complexity index is 5870. The van der Waals surface area contributed by atoms with Crippen LogP contribution in [0.2, 0.25) is 0 Å². The van der Waals surface area contributed by atoms with Gasteiger partial charge in [0.15, 0.2) is 0 Å². The van der Waals surface area contributed by atoms with Gasteiger partial charge < -0.3 is 19.3 Å². The van der Waals surface area contributed by atoms with Crippen LogP contribution < -0.4 is 14.7 Å². The van der Waals surface area contributed by atoms with Gasteiger partial charge >= 0.3 is 0 Å². The van der Waals surface area contributed by atoms with Crippen LogP contribution in [0.1, 0.15) is 97.4 Å². The standard InChI is InChI=1S/C94H74N4/c1-93(2,3)70-54-68(55-71(59-70)94(4,5)6)65-49-51-83-85(56-65)96-84-52-50-72(95-81-47-25-23-41-79(81)80-42-24-26-48-82(80)95)60-86(84)98(91-77(63-33-15-9-16-34-63)45-28-46-78(91)64-35-17-10-18-36-64)88-58-69(89-73-39-21-19-37-66(73)53-67-38-20-22-40-74(67)89)57-87(92(88)96)97(83)90-75(61-29-11-7-12-30-61)43-27-44-76(90)62-31-13-8-14-32-62/h7-52,54-60,89H,53H2,1-6H3/i23D,24D,25D,26D,41D,42D,47D,48D. The first-order valence-corrected chi connectivity index (χ1v) is 33.9. The van der Waals surface area contributed by atoms with Crippen molar-refractivity contribution >= 4 is 73.0 Å². The Balaban J connectivity index is 1.06. The van der Waals surface area contributed by atoms with Crippen molar-refractivity contribution in [3.63, 3.8) is 0 Å².